The molecule has 1 rings (SSSR count). The molecule has 0 aliphatic carbocycles. The van der Waals surface area contributed by atoms with E-state index in [0.717, 1.165) is 10.2 Å². The molecule has 0 aromatic carbocycles. The lowest BCUT2D eigenvalue weighted by Crippen LogP contribution is -1.92. The summed E-state index contributed by atoms with van der Waals surface area (Å²) >= 11 is 3.43. The summed E-state index contributed by atoms with van der Waals surface area (Å²) in [6, 6.07) is 0. The Labute approximate surface area is 69.4 Å². The third kappa shape index (κ3) is 1.40. The number of rotatable bonds is 1. The Morgan fingerprint density at radius 1 is 1.60 bits per heavy atom. The van der Waals surface area contributed by atoms with E-state index in [9.17, 15) is 0 Å². The second-order valence-electron chi connectivity index (χ2n) is 2.69. The van der Waals surface area contributed by atoms with Gasteiger partial charge in [0.1, 0.15) is 0 Å². The summed E-state index contributed by atoms with van der Waals surface area (Å²) in [6.45, 7) is 4.26. The Hall–Kier alpha value is -0.310. The van der Waals surface area contributed by atoms with Crippen LogP contribution in [0.3, 0.4) is 0 Å². The third-order valence-corrected chi connectivity index (χ3v) is 1.97. The van der Waals surface area contributed by atoms with Crippen molar-refractivity contribution in [2.24, 2.45) is 7.05 Å². The molecule has 0 amide bonds. The predicted octanol–water partition coefficient (Wildman–Crippen LogP) is 2.31. The molecule has 0 aliphatic heterocycles. The van der Waals surface area contributed by atoms with Crippen molar-refractivity contribution in [1.82, 2.24) is 9.78 Å². The minimum atomic E-state index is 0.496. The summed E-state index contributed by atoms with van der Waals surface area (Å²) in [5.74, 6) is 0.496. The Kier molecular flexibility index (Phi) is 2.14. The Bertz CT molecular complexity index is 228. The molecule has 0 atom stereocenters. The van der Waals surface area contributed by atoms with Gasteiger partial charge in [-0.1, -0.05) is 13.8 Å². The van der Waals surface area contributed by atoms with Gasteiger partial charge in [-0.05, 0) is 21.8 Å². The molecule has 2 nitrogen and oxygen atoms in total. The summed E-state index contributed by atoms with van der Waals surface area (Å²) in [7, 11) is 1.93. The van der Waals surface area contributed by atoms with Gasteiger partial charge in [0.05, 0.1) is 10.2 Å². The van der Waals surface area contributed by atoms with Crippen LogP contribution >= 0.6 is 15.9 Å². The van der Waals surface area contributed by atoms with Gasteiger partial charge in [-0.2, -0.15) is 5.10 Å². The van der Waals surface area contributed by atoms with Gasteiger partial charge in [0.25, 0.3) is 0 Å². The number of hydrogen-bond acceptors (Lipinski definition) is 1. The second kappa shape index (κ2) is 2.74. The second-order valence-corrected chi connectivity index (χ2v) is 3.54. The van der Waals surface area contributed by atoms with Crippen LogP contribution in [0.15, 0.2) is 10.7 Å². The number of nitrogens with zero attached hydrogens (tertiary/aromatic N) is 2. The van der Waals surface area contributed by atoms with Crippen LogP contribution in [0.1, 0.15) is 25.5 Å². The molecule has 0 aliphatic rings. The summed E-state index contributed by atoms with van der Waals surface area (Å²) < 4.78 is 2.92. The molecule has 0 saturated carbocycles. The van der Waals surface area contributed by atoms with Crippen molar-refractivity contribution in [3.8, 4) is 0 Å². The Morgan fingerprint density at radius 2 is 2.20 bits per heavy atom. The van der Waals surface area contributed by atoms with E-state index in [1.165, 1.54) is 0 Å². The van der Waals surface area contributed by atoms with Crippen molar-refractivity contribution in [2.75, 3.05) is 0 Å². The number of aryl methyl sites for hydroxylation is 1. The van der Waals surface area contributed by atoms with Crippen LogP contribution in [-0.4, -0.2) is 9.78 Å². The van der Waals surface area contributed by atoms with E-state index in [-0.39, 0.29) is 0 Å². The molecule has 0 saturated heterocycles. The Morgan fingerprint density at radius 3 is 2.40 bits per heavy atom. The van der Waals surface area contributed by atoms with Crippen molar-refractivity contribution in [2.45, 2.75) is 19.8 Å². The summed E-state index contributed by atoms with van der Waals surface area (Å²) in [4.78, 5) is 0. The van der Waals surface area contributed by atoms with Crippen LogP contribution in [-0.2, 0) is 7.05 Å². The lowest BCUT2D eigenvalue weighted by molar-refractivity contribution is 0.712. The van der Waals surface area contributed by atoms with Crippen LogP contribution in [0.2, 0.25) is 0 Å². The van der Waals surface area contributed by atoms with Gasteiger partial charge >= 0.3 is 0 Å². The number of aromatic nitrogens is 2. The fourth-order valence-electron chi connectivity index (χ4n) is 0.868. The van der Waals surface area contributed by atoms with Gasteiger partial charge in [-0.25, -0.2) is 0 Å². The third-order valence-electron chi connectivity index (χ3n) is 1.36. The molecule has 0 bridgehead atoms. The molecule has 0 unspecified atom stereocenters. The molecule has 0 radical (unpaired) electrons. The first-order valence-electron chi connectivity index (χ1n) is 3.30. The Balaban J connectivity index is 3.03. The SMILES string of the molecule is CC(C)c1nn(C)cc1Br. The first-order chi connectivity index (χ1) is 4.61. The molecule has 1 heterocycles. The number of hydrogen-bond donors (Lipinski definition) is 0. The maximum Gasteiger partial charge on any atom is 0.0791 e. The quantitative estimate of drug-likeness (QED) is 0.684. The molecular weight excluding hydrogens is 192 g/mol. The molecular formula is C7H11BrN2. The molecule has 0 spiro atoms. The van der Waals surface area contributed by atoms with Crippen LogP contribution in [0.4, 0.5) is 0 Å². The van der Waals surface area contributed by atoms with Crippen molar-refractivity contribution in [3.05, 3.63) is 16.4 Å². The zero-order chi connectivity index (χ0) is 7.72. The number of halogens is 1. The van der Waals surface area contributed by atoms with Gasteiger partial charge in [-0.3, -0.25) is 4.68 Å². The predicted molar refractivity (Wildman–Crippen MR) is 45.0 cm³/mol. The largest absolute Gasteiger partial charge is 0.274 e. The van der Waals surface area contributed by atoms with Gasteiger partial charge in [0.15, 0.2) is 0 Å². The highest BCUT2D eigenvalue weighted by molar-refractivity contribution is 9.10. The van der Waals surface area contributed by atoms with E-state index < -0.39 is 0 Å². The van der Waals surface area contributed by atoms with Gasteiger partial charge < -0.3 is 0 Å². The van der Waals surface area contributed by atoms with E-state index in [1.54, 1.807) is 0 Å². The molecule has 3 heteroatoms. The van der Waals surface area contributed by atoms with Gasteiger partial charge in [-0.15, -0.1) is 0 Å². The van der Waals surface area contributed by atoms with E-state index in [0.29, 0.717) is 5.92 Å². The average molecular weight is 203 g/mol. The van der Waals surface area contributed by atoms with Crippen molar-refractivity contribution < 1.29 is 0 Å². The average Bonchev–Trinajstić information content (AvgIpc) is 2.10. The maximum atomic E-state index is 4.28. The van der Waals surface area contributed by atoms with Crippen molar-refractivity contribution in [1.29, 1.82) is 0 Å². The molecule has 0 fully saturated rings. The standard InChI is InChI=1S/C7H11BrN2/c1-5(2)7-6(8)4-10(3)9-7/h4-5H,1-3H3. The minimum Gasteiger partial charge on any atom is -0.274 e. The lowest BCUT2D eigenvalue weighted by atomic mass is 10.1. The first kappa shape index (κ1) is 7.79. The van der Waals surface area contributed by atoms with E-state index >= 15 is 0 Å². The van der Waals surface area contributed by atoms with E-state index in [1.807, 2.05) is 17.9 Å². The lowest BCUT2D eigenvalue weighted by Gasteiger charge is -1.97. The van der Waals surface area contributed by atoms with Gasteiger partial charge in [0, 0.05) is 13.2 Å². The summed E-state index contributed by atoms with van der Waals surface area (Å²) in [6.07, 6.45) is 1.97. The van der Waals surface area contributed by atoms with Crippen molar-refractivity contribution >= 4 is 15.9 Å². The minimum absolute atomic E-state index is 0.496. The molecule has 1 aromatic heterocycles. The monoisotopic (exact) mass is 202 g/mol. The molecule has 10 heavy (non-hydrogen) atoms. The molecule has 56 valence electrons. The highest BCUT2D eigenvalue weighted by atomic mass is 79.9. The summed E-state index contributed by atoms with van der Waals surface area (Å²) in [5.41, 5.74) is 1.13. The highest BCUT2D eigenvalue weighted by Crippen LogP contribution is 2.21. The van der Waals surface area contributed by atoms with Crippen LogP contribution in [0.5, 0.6) is 0 Å². The summed E-state index contributed by atoms with van der Waals surface area (Å²) in [5, 5.41) is 4.28. The zero-order valence-corrected chi connectivity index (χ0v) is 8.01. The maximum absolute atomic E-state index is 4.28. The first-order valence-corrected chi connectivity index (χ1v) is 4.09. The van der Waals surface area contributed by atoms with E-state index in [4.69, 9.17) is 0 Å². The smallest absolute Gasteiger partial charge is 0.0791 e. The topological polar surface area (TPSA) is 17.8 Å². The van der Waals surface area contributed by atoms with Crippen LogP contribution in [0.25, 0.3) is 0 Å². The van der Waals surface area contributed by atoms with E-state index in [2.05, 4.69) is 34.9 Å². The fraction of sp³-hybridized carbons (Fsp3) is 0.571. The van der Waals surface area contributed by atoms with Crippen LogP contribution < -0.4 is 0 Å². The van der Waals surface area contributed by atoms with Gasteiger partial charge in [0.2, 0.25) is 0 Å². The zero-order valence-electron chi connectivity index (χ0n) is 6.43. The normalized spacial score (nSPS) is 10.9. The molecule has 1 aromatic rings. The fourth-order valence-corrected chi connectivity index (χ4v) is 1.70. The van der Waals surface area contributed by atoms with Crippen molar-refractivity contribution in [3.63, 3.8) is 0 Å². The molecule has 0 N–H and O–H groups in total. The highest BCUT2D eigenvalue weighted by Gasteiger charge is 2.07. The van der Waals surface area contributed by atoms with Crippen LogP contribution in [0, 0.1) is 0 Å².